The summed E-state index contributed by atoms with van der Waals surface area (Å²) in [6.45, 7) is 1.06. The molecule has 4 rings (SSSR count). The Kier molecular flexibility index (Phi) is 3.78. The number of fused-ring (bicyclic) bond motifs is 1. The molecule has 0 spiro atoms. The number of para-hydroxylation sites is 2. The lowest BCUT2D eigenvalue weighted by atomic mass is 10.1. The number of carbonyl (C=O) groups excluding carboxylic acids is 1. The molecule has 1 aliphatic heterocycles. The number of H-pyrrole nitrogens is 1. The van der Waals surface area contributed by atoms with Gasteiger partial charge >= 0.3 is 0 Å². The van der Waals surface area contributed by atoms with Crippen molar-refractivity contribution in [3.63, 3.8) is 0 Å². The lowest BCUT2D eigenvalue weighted by Gasteiger charge is -2.15. The van der Waals surface area contributed by atoms with E-state index in [0.29, 0.717) is 31.5 Å². The highest BCUT2D eigenvalue weighted by molar-refractivity contribution is 5.94. The number of nitrogens with one attached hydrogen (secondary N) is 1. The quantitative estimate of drug-likeness (QED) is 0.778. The number of aromatic nitrogens is 2. The number of hydrogen-bond donors (Lipinski definition) is 2. The number of carbonyl (C=O) groups is 1. The van der Waals surface area contributed by atoms with Crippen LogP contribution < -0.4 is 0 Å². The second-order valence-corrected chi connectivity index (χ2v) is 6.27. The molecular weight excluding hydrogens is 302 g/mol. The molecule has 0 saturated carbocycles. The first-order valence-electron chi connectivity index (χ1n) is 8.19. The minimum Gasteiger partial charge on any atom is -0.391 e. The van der Waals surface area contributed by atoms with E-state index in [0.717, 1.165) is 22.4 Å². The summed E-state index contributed by atoms with van der Waals surface area (Å²) in [5, 5.41) is 9.56. The number of aliphatic hydroxyl groups excluding tert-OH is 1. The van der Waals surface area contributed by atoms with Gasteiger partial charge in [0.25, 0.3) is 5.91 Å². The molecule has 1 aromatic heterocycles. The SMILES string of the molecule is O=C(c1ccc(Cc2nc3ccccc3[nH]2)cc1)N1CCC(O)C1. The van der Waals surface area contributed by atoms with Crippen molar-refractivity contribution in [1.82, 2.24) is 14.9 Å². The van der Waals surface area contributed by atoms with Crippen molar-refractivity contribution in [2.45, 2.75) is 18.9 Å². The van der Waals surface area contributed by atoms with Gasteiger partial charge in [-0.05, 0) is 36.2 Å². The zero-order valence-corrected chi connectivity index (χ0v) is 13.3. The number of aliphatic hydroxyl groups is 1. The van der Waals surface area contributed by atoms with E-state index in [4.69, 9.17) is 0 Å². The fourth-order valence-electron chi connectivity index (χ4n) is 3.16. The van der Waals surface area contributed by atoms with Crippen LogP contribution in [0.4, 0.5) is 0 Å². The second kappa shape index (κ2) is 6.09. The average molecular weight is 321 g/mol. The van der Waals surface area contributed by atoms with Crippen LogP contribution in [0.1, 0.15) is 28.2 Å². The van der Waals surface area contributed by atoms with Crippen molar-refractivity contribution in [1.29, 1.82) is 0 Å². The molecule has 0 radical (unpaired) electrons. The third kappa shape index (κ3) is 2.90. The van der Waals surface area contributed by atoms with Crippen LogP contribution in [-0.4, -0.2) is 45.1 Å². The van der Waals surface area contributed by atoms with Gasteiger partial charge in [0.05, 0.1) is 17.1 Å². The Morgan fingerprint density at radius 1 is 1.21 bits per heavy atom. The van der Waals surface area contributed by atoms with E-state index in [2.05, 4.69) is 9.97 Å². The predicted octanol–water partition coefficient (Wildman–Crippen LogP) is 2.36. The number of aromatic amines is 1. The van der Waals surface area contributed by atoms with Crippen LogP contribution in [0.5, 0.6) is 0 Å². The number of rotatable bonds is 3. The van der Waals surface area contributed by atoms with Crippen LogP contribution in [0.25, 0.3) is 11.0 Å². The standard InChI is InChI=1S/C19H19N3O2/c23-15-9-10-22(12-15)19(24)14-7-5-13(6-8-14)11-18-20-16-3-1-2-4-17(16)21-18/h1-8,15,23H,9-12H2,(H,20,21). The van der Waals surface area contributed by atoms with E-state index >= 15 is 0 Å². The molecule has 1 amide bonds. The van der Waals surface area contributed by atoms with Crippen LogP contribution in [0.15, 0.2) is 48.5 Å². The van der Waals surface area contributed by atoms with Crippen molar-refractivity contribution in [2.75, 3.05) is 13.1 Å². The third-order valence-corrected chi connectivity index (χ3v) is 4.46. The summed E-state index contributed by atoms with van der Waals surface area (Å²) in [6.07, 6.45) is 0.975. The smallest absolute Gasteiger partial charge is 0.253 e. The van der Waals surface area contributed by atoms with Crippen LogP contribution in [0, 0.1) is 0 Å². The lowest BCUT2D eigenvalue weighted by Crippen LogP contribution is -2.29. The van der Waals surface area contributed by atoms with Gasteiger partial charge in [-0.1, -0.05) is 24.3 Å². The lowest BCUT2D eigenvalue weighted by molar-refractivity contribution is 0.0765. The van der Waals surface area contributed by atoms with Crippen LogP contribution in [-0.2, 0) is 6.42 Å². The number of β-amino-alcohol motifs (C(OH)–C–C–N with tert-alkyl or cyclic N) is 1. The number of imidazole rings is 1. The van der Waals surface area contributed by atoms with Gasteiger partial charge < -0.3 is 15.0 Å². The molecule has 3 aromatic rings. The average Bonchev–Trinajstić information content (AvgIpc) is 3.20. The third-order valence-electron chi connectivity index (χ3n) is 4.46. The van der Waals surface area contributed by atoms with Crippen molar-refractivity contribution in [3.8, 4) is 0 Å². The van der Waals surface area contributed by atoms with Gasteiger partial charge in [-0.15, -0.1) is 0 Å². The Morgan fingerprint density at radius 2 is 2.00 bits per heavy atom. The molecule has 5 nitrogen and oxygen atoms in total. The molecule has 1 atom stereocenters. The number of likely N-dealkylation sites (tertiary alicyclic amines) is 1. The zero-order valence-electron chi connectivity index (χ0n) is 13.3. The Labute approximate surface area is 139 Å². The molecule has 1 saturated heterocycles. The summed E-state index contributed by atoms with van der Waals surface area (Å²) in [7, 11) is 0. The molecule has 1 fully saturated rings. The summed E-state index contributed by atoms with van der Waals surface area (Å²) < 4.78 is 0. The van der Waals surface area contributed by atoms with Gasteiger partial charge in [0.2, 0.25) is 0 Å². The minimum absolute atomic E-state index is 0.0122. The first-order valence-corrected chi connectivity index (χ1v) is 8.19. The minimum atomic E-state index is -0.388. The van der Waals surface area contributed by atoms with Gasteiger partial charge in [-0.2, -0.15) is 0 Å². The van der Waals surface area contributed by atoms with E-state index in [9.17, 15) is 9.90 Å². The van der Waals surface area contributed by atoms with E-state index in [1.54, 1.807) is 4.90 Å². The summed E-state index contributed by atoms with van der Waals surface area (Å²) >= 11 is 0. The molecular formula is C19H19N3O2. The largest absolute Gasteiger partial charge is 0.391 e. The number of benzene rings is 2. The highest BCUT2D eigenvalue weighted by atomic mass is 16.3. The maximum absolute atomic E-state index is 12.4. The molecule has 24 heavy (non-hydrogen) atoms. The molecule has 2 heterocycles. The summed E-state index contributed by atoms with van der Waals surface area (Å²) in [5.74, 6) is 0.903. The molecule has 2 aromatic carbocycles. The maximum Gasteiger partial charge on any atom is 0.253 e. The first kappa shape index (κ1) is 14.9. The van der Waals surface area contributed by atoms with Gasteiger partial charge in [0.1, 0.15) is 5.82 Å². The van der Waals surface area contributed by atoms with Crippen LogP contribution in [0.3, 0.4) is 0 Å². The maximum atomic E-state index is 12.4. The molecule has 122 valence electrons. The van der Waals surface area contributed by atoms with Crippen molar-refractivity contribution < 1.29 is 9.90 Å². The number of nitrogens with zero attached hydrogens (tertiary/aromatic N) is 2. The molecule has 1 aliphatic rings. The normalized spacial score (nSPS) is 17.5. The molecule has 1 unspecified atom stereocenters. The summed E-state index contributed by atoms with van der Waals surface area (Å²) in [5.41, 5.74) is 3.77. The highest BCUT2D eigenvalue weighted by Gasteiger charge is 2.25. The second-order valence-electron chi connectivity index (χ2n) is 6.27. The first-order chi connectivity index (χ1) is 11.7. The van der Waals surface area contributed by atoms with Crippen LogP contribution in [0.2, 0.25) is 0 Å². The van der Waals surface area contributed by atoms with E-state index in [1.165, 1.54) is 0 Å². The summed E-state index contributed by atoms with van der Waals surface area (Å²) in [4.78, 5) is 22.0. The highest BCUT2D eigenvalue weighted by Crippen LogP contribution is 2.16. The van der Waals surface area contributed by atoms with E-state index < -0.39 is 0 Å². The van der Waals surface area contributed by atoms with Gasteiger partial charge in [0.15, 0.2) is 0 Å². The summed E-state index contributed by atoms with van der Waals surface area (Å²) in [6, 6.07) is 15.6. The number of amides is 1. The number of hydrogen-bond acceptors (Lipinski definition) is 3. The Bertz CT molecular complexity index is 837. The van der Waals surface area contributed by atoms with E-state index in [1.807, 2.05) is 48.5 Å². The van der Waals surface area contributed by atoms with Crippen molar-refractivity contribution >= 4 is 16.9 Å². The Hall–Kier alpha value is -2.66. The molecule has 0 bridgehead atoms. The molecule has 0 aliphatic carbocycles. The van der Waals surface area contributed by atoms with Crippen molar-refractivity contribution in [2.24, 2.45) is 0 Å². The van der Waals surface area contributed by atoms with E-state index in [-0.39, 0.29) is 12.0 Å². The van der Waals surface area contributed by atoms with Crippen molar-refractivity contribution in [3.05, 3.63) is 65.5 Å². The Morgan fingerprint density at radius 3 is 2.71 bits per heavy atom. The fourth-order valence-corrected chi connectivity index (χ4v) is 3.16. The van der Waals surface area contributed by atoms with Gasteiger partial charge in [-0.3, -0.25) is 4.79 Å². The topological polar surface area (TPSA) is 69.2 Å². The monoisotopic (exact) mass is 321 g/mol. The van der Waals surface area contributed by atoms with Crippen LogP contribution >= 0.6 is 0 Å². The fraction of sp³-hybridized carbons (Fsp3) is 0.263. The van der Waals surface area contributed by atoms with Gasteiger partial charge in [-0.25, -0.2) is 4.98 Å². The predicted molar refractivity (Wildman–Crippen MR) is 91.9 cm³/mol. The van der Waals surface area contributed by atoms with Gasteiger partial charge in [0, 0.05) is 25.1 Å². The zero-order chi connectivity index (χ0) is 16.5. The molecule has 2 N–H and O–H groups in total. The molecule has 5 heteroatoms. The Balaban J connectivity index is 1.48.